The highest BCUT2D eigenvalue weighted by Gasteiger charge is 2.19. The molecule has 0 aliphatic heterocycles. The zero-order valence-corrected chi connectivity index (χ0v) is 19.1. The lowest BCUT2D eigenvalue weighted by Crippen LogP contribution is -2.40. The zero-order valence-electron chi connectivity index (χ0n) is 17.5. The summed E-state index contributed by atoms with van der Waals surface area (Å²) in [4.78, 5) is 25.6. The summed E-state index contributed by atoms with van der Waals surface area (Å²) in [7, 11) is -3.81. The molecule has 9 heteroatoms. The van der Waals surface area contributed by atoms with E-state index < -0.39 is 16.0 Å². The minimum absolute atomic E-state index is 0.0574. The van der Waals surface area contributed by atoms with Gasteiger partial charge < -0.3 is 9.64 Å². The lowest BCUT2D eigenvalue weighted by atomic mass is 10.2. The van der Waals surface area contributed by atoms with Gasteiger partial charge >= 0.3 is 5.97 Å². The van der Waals surface area contributed by atoms with E-state index in [0.29, 0.717) is 10.6 Å². The number of sulfonamides is 1. The van der Waals surface area contributed by atoms with E-state index in [-0.39, 0.29) is 35.7 Å². The molecule has 0 radical (unpaired) electrons. The van der Waals surface area contributed by atoms with Gasteiger partial charge in [-0.3, -0.25) is 14.3 Å². The fourth-order valence-corrected chi connectivity index (χ4v) is 3.95. The average molecular weight is 465 g/mol. The second-order valence-electron chi connectivity index (χ2n) is 6.85. The van der Waals surface area contributed by atoms with Gasteiger partial charge in [-0.05, 0) is 56.7 Å². The van der Waals surface area contributed by atoms with Gasteiger partial charge in [-0.25, -0.2) is 8.42 Å². The Morgan fingerprint density at radius 2 is 1.77 bits per heavy atom. The van der Waals surface area contributed by atoms with Gasteiger partial charge in [0.1, 0.15) is 6.54 Å². The fraction of sp³-hybridized carbons (Fsp3) is 0.273. The molecule has 0 unspecified atom stereocenters. The molecular weight excluding hydrogens is 440 g/mol. The summed E-state index contributed by atoms with van der Waals surface area (Å²) >= 11 is 6.01. The quantitative estimate of drug-likeness (QED) is 0.448. The molecule has 0 saturated carbocycles. The van der Waals surface area contributed by atoms with Crippen LogP contribution in [0.2, 0.25) is 5.02 Å². The number of rotatable bonds is 9. The van der Waals surface area contributed by atoms with E-state index in [9.17, 15) is 18.0 Å². The largest absolute Gasteiger partial charge is 0.465 e. The van der Waals surface area contributed by atoms with Gasteiger partial charge in [-0.2, -0.15) is 0 Å². The van der Waals surface area contributed by atoms with Crippen molar-refractivity contribution in [2.24, 2.45) is 0 Å². The van der Waals surface area contributed by atoms with E-state index in [4.69, 9.17) is 16.3 Å². The molecule has 0 aromatic heterocycles. The Kier molecular flexibility index (Phi) is 8.65. The number of nitrogens with zero attached hydrogens (tertiary/aromatic N) is 1. The van der Waals surface area contributed by atoms with E-state index in [2.05, 4.69) is 4.72 Å². The molecule has 2 aromatic rings. The molecule has 31 heavy (non-hydrogen) atoms. The number of nitrogens with one attached hydrogen (secondary N) is 1. The van der Waals surface area contributed by atoms with Gasteiger partial charge in [-0.15, -0.1) is 0 Å². The molecule has 0 spiro atoms. The number of hydrogen-bond acceptors (Lipinski definition) is 5. The summed E-state index contributed by atoms with van der Waals surface area (Å²) in [5.74, 6) is -0.821. The van der Waals surface area contributed by atoms with Crippen LogP contribution < -0.4 is 4.72 Å². The third kappa shape index (κ3) is 7.11. The molecule has 1 N–H and O–H groups in total. The molecule has 0 aliphatic carbocycles. The van der Waals surface area contributed by atoms with Crippen molar-refractivity contribution in [3.63, 3.8) is 0 Å². The van der Waals surface area contributed by atoms with Gasteiger partial charge in [0.2, 0.25) is 5.91 Å². The fourth-order valence-electron chi connectivity index (χ4n) is 2.63. The Hall–Kier alpha value is -2.84. The first-order valence-electron chi connectivity index (χ1n) is 9.65. The summed E-state index contributed by atoms with van der Waals surface area (Å²) in [6.07, 6.45) is 2.89. The maximum absolute atomic E-state index is 12.6. The summed E-state index contributed by atoms with van der Waals surface area (Å²) in [6.45, 7) is 5.41. The van der Waals surface area contributed by atoms with Crippen LogP contribution in [0.5, 0.6) is 0 Å². The van der Waals surface area contributed by atoms with Crippen LogP contribution in [0.25, 0.3) is 6.08 Å². The van der Waals surface area contributed by atoms with Crippen molar-refractivity contribution >= 4 is 45.3 Å². The SMILES string of the molecule is CCOC(=O)CN(C(=O)/C=C/c1ccc(S(=O)(=O)Nc2ccccc2Cl)cc1)C(C)C. The van der Waals surface area contributed by atoms with E-state index >= 15 is 0 Å². The van der Waals surface area contributed by atoms with E-state index in [1.807, 2.05) is 0 Å². The third-order valence-corrected chi connectivity index (χ3v) is 5.95. The van der Waals surface area contributed by atoms with Crippen LogP contribution in [0.1, 0.15) is 26.3 Å². The highest BCUT2D eigenvalue weighted by Crippen LogP contribution is 2.24. The van der Waals surface area contributed by atoms with Crippen LogP contribution in [0.3, 0.4) is 0 Å². The number of amides is 1. The van der Waals surface area contributed by atoms with Crippen molar-refractivity contribution in [3.8, 4) is 0 Å². The number of hydrogen-bond donors (Lipinski definition) is 1. The first-order chi connectivity index (χ1) is 14.6. The summed E-state index contributed by atoms with van der Waals surface area (Å²) in [5.41, 5.74) is 0.916. The minimum atomic E-state index is -3.81. The lowest BCUT2D eigenvalue weighted by Gasteiger charge is -2.24. The molecular formula is C22H25ClN2O5S. The smallest absolute Gasteiger partial charge is 0.325 e. The highest BCUT2D eigenvalue weighted by atomic mass is 35.5. The van der Waals surface area contributed by atoms with Crippen LogP contribution in [-0.4, -0.2) is 44.4 Å². The van der Waals surface area contributed by atoms with Crippen molar-refractivity contribution < 1.29 is 22.7 Å². The third-order valence-electron chi connectivity index (χ3n) is 4.24. The highest BCUT2D eigenvalue weighted by molar-refractivity contribution is 7.92. The van der Waals surface area contributed by atoms with Gasteiger partial charge in [0.25, 0.3) is 10.0 Å². The van der Waals surface area contributed by atoms with Crippen molar-refractivity contribution in [2.75, 3.05) is 17.9 Å². The average Bonchev–Trinajstić information content (AvgIpc) is 2.72. The topological polar surface area (TPSA) is 92.8 Å². The zero-order chi connectivity index (χ0) is 23.0. The van der Waals surface area contributed by atoms with Crippen molar-refractivity contribution in [1.82, 2.24) is 4.90 Å². The summed E-state index contributed by atoms with van der Waals surface area (Å²) in [5, 5.41) is 0.293. The van der Waals surface area contributed by atoms with E-state index in [1.165, 1.54) is 23.1 Å². The van der Waals surface area contributed by atoms with Crippen LogP contribution >= 0.6 is 11.6 Å². The van der Waals surface area contributed by atoms with Crippen LogP contribution in [0, 0.1) is 0 Å². The minimum Gasteiger partial charge on any atom is -0.465 e. The predicted molar refractivity (Wildman–Crippen MR) is 121 cm³/mol. The molecule has 0 heterocycles. The van der Waals surface area contributed by atoms with Crippen LogP contribution in [-0.2, 0) is 24.3 Å². The number of anilines is 1. The standard InChI is InChI=1S/C22H25ClN2O5S/c1-4-30-22(27)15-25(16(2)3)21(26)14-11-17-9-12-18(13-10-17)31(28,29)24-20-8-6-5-7-19(20)23/h5-14,16,24H,4,15H2,1-3H3/b14-11+. The molecule has 0 fully saturated rings. The normalized spacial score (nSPS) is 11.5. The van der Waals surface area contributed by atoms with Crippen molar-refractivity contribution in [2.45, 2.75) is 31.7 Å². The maximum Gasteiger partial charge on any atom is 0.325 e. The second kappa shape index (κ2) is 11.0. The van der Waals surface area contributed by atoms with Crippen LogP contribution in [0.4, 0.5) is 5.69 Å². The number of benzene rings is 2. The summed E-state index contributed by atoms with van der Waals surface area (Å²) in [6, 6.07) is 12.4. The van der Waals surface area contributed by atoms with Crippen molar-refractivity contribution in [1.29, 1.82) is 0 Å². The molecule has 2 rings (SSSR count). The molecule has 0 atom stereocenters. The number of carbonyl (C=O) groups excluding carboxylic acids is 2. The monoisotopic (exact) mass is 464 g/mol. The first-order valence-corrected chi connectivity index (χ1v) is 11.5. The molecule has 0 saturated heterocycles. The number of para-hydroxylation sites is 1. The van der Waals surface area contributed by atoms with Gasteiger partial charge in [0.05, 0.1) is 22.2 Å². The molecule has 0 aliphatic rings. The van der Waals surface area contributed by atoms with Gasteiger partial charge in [0, 0.05) is 12.1 Å². The molecule has 0 bridgehead atoms. The van der Waals surface area contributed by atoms with E-state index in [0.717, 1.165) is 0 Å². The van der Waals surface area contributed by atoms with Crippen molar-refractivity contribution in [3.05, 3.63) is 65.2 Å². The second-order valence-corrected chi connectivity index (χ2v) is 8.94. The summed E-state index contributed by atoms with van der Waals surface area (Å²) < 4.78 is 32.5. The number of carbonyl (C=O) groups is 2. The Bertz CT molecular complexity index is 1050. The molecule has 1 amide bonds. The van der Waals surface area contributed by atoms with Crippen LogP contribution in [0.15, 0.2) is 59.5 Å². The van der Waals surface area contributed by atoms with Gasteiger partial charge in [-0.1, -0.05) is 35.9 Å². The molecule has 2 aromatic carbocycles. The number of ether oxygens (including phenoxy) is 1. The first kappa shape index (κ1) is 24.4. The Morgan fingerprint density at radius 1 is 1.13 bits per heavy atom. The number of halogens is 1. The molecule has 7 nitrogen and oxygen atoms in total. The van der Waals surface area contributed by atoms with Gasteiger partial charge in [0.15, 0.2) is 0 Å². The molecule has 166 valence electrons. The van der Waals surface area contributed by atoms with E-state index in [1.54, 1.807) is 63.2 Å². The lowest BCUT2D eigenvalue weighted by molar-refractivity contribution is -0.148. The maximum atomic E-state index is 12.6. The Labute approximate surface area is 187 Å². The Balaban J connectivity index is 2.10. The predicted octanol–water partition coefficient (Wildman–Crippen LogP) is 3.95. The number of esters is 1. The Morgan fingerprint density at radius 3 is 2.35 bits per heavy atom.